The monoisotopic (exact) mass is 235 g/mol. The lowest BCUT2D eigenvalue weighted by Crippen LogP contribution is -2.11. The lowest BCUT2D eigenvalue weighted by atomic mass is 10.1. The predicted octanol–water partition coefficient (Wildman–Crippen LogP) is 2.78. The van der Waals surface area contributed by atoms with Gasteiger partial charge in [-0.2, -0.15) is 0 Å². The molecule has 3 heteroatoms. The maximum absolute atomic E-state index is 5.91. The molecule has 3 nitrogen and oxygen atoms in total. The second-order valence-corrected chi connectivity index (χ2v) is 4.91. The third kappa shape index (κ3) is 3.72. The van der Waals surface area contributed by atoms with E-state index in [1.165, 1.54) is 18.4 Å². The number of hydrogen-bond acceptors (Lipinski definition) is 3. The van der Waals surface area contributed by atoms with Gasteiger partial charge in [-0.15, -0.1) is 0 Å². The molecule has 0 amide bonds. The zero-order chi connectivity index (χ0) is 12.3. The molecular formula is C14H21NO2. The first-order chi connectivity index (χ1) is 8.16. The average molecular weight is 235 g/mol. The van der Waals surface area contributed by atoms with Crippen molar-refractivity contribution in [2.45, 2.75) is 32.7 Å². The van der Waals surface area contributed by atoms with E-state index in [0.717, 1.165) is 23.8 Å². The molecule has 0 radical (unpaired) electrons. The summed E-state index contributed by atoms with van der Waals surface area (Å²) in [5, 5.41) is 0. The van der Waals surface area contributed by atoms with Crippen molar-refractivity contribution >= 4 is 0 Å². The van der Waals surface area contributed by atoms with Crippen LogP contribution in [-0.4, -0.2) is 13.4 Å². The molecule has 2 N–H and O–H groups in total. The van der Waals surface area contributed by atoms with Crippen LogP contribution in [0.2, 0.25) is 0 Å². The molecule has 0 aliphatic heterocycles. The highest BCUT2D eigenvalue weighted by atomic mass is 16.7. The summed E-state index contributed by atoms with van der Waals surface area (Å²) >= 11 is 0. The highest BCUT2D eigenvalue weighted by Crippen LogP contribution is 2.29. The zero-order valence-corrected chi connectivity index (χ0v) is 10.6. The van der Waals surface area contributed by atoms with Crippen LogP contribution >= 0.6 is 0 Å². The van der Waals surface area contributed by atoms with E-state index in [1.807, 2.05) is 26.0 Å². The number of hydrogen-bond donors (Lipinski definition) is 1. The first-order valence-corrected chi connectivity index (χ1v) is 6.23. The Kier molecular flexibility index (Phi) is 4.02. The number of nitrogens with two attached hydrogens (primary N) is 1. The van der Waals surface area contributed by atoms with Gasteiger partial charge in [0.1, 0.15) is 5.75 Å². The molecule has 94 valence electrons. The Morgan fingerprint density at radius 1 is 1.41 bits per heavy atom. The summed E-state index contributed by atoms with van der Waals surface area (Å²) in [6.45, 7) is 5.14. The summed E-state index contributed by atoms with van der Waals surface area (Å²) < 4.78 is 11.1. The van der Waals surface area contributed by atoms with E-state index < -0.39 is 0 Å². The fourth-order valence-corrected chi connectivity index (χ4v) is 1.75. The van der Waals surface area contributed by atoms with Crippen LogP contribution in [0.3, 0.4) is 0 Å². The molecule has 1 fully saturated rings. The van der Waals surface area contributed by atoms with Gasteiger partial charge < -0.3 is 15.2 Å². The molecule has 1 saturated carbocycles. The van der Waals surface area contributed by atoms with E-state index in [9.17, 15) is 0 Å². The number of aryl methyl sites for hydroxylation is 1. The molecule has 0 spiro atoms. The van der Waals surface area contributed by atoms with E-state index in [0.29, 0.717) is 6.79 Å². The second-order valence-electron chi connectivity index (χ2n) is 4.91. The Hall–Kier alpha value is -1.06. The largest absolute Gasteiger partial charge is 0.467 e. The number of rotatable bonds is 6. The van der Waals surface area contributed by atoms with Crippen molar-refractivity contribution in [1.82, 2.24) is 0 Å². The lowest BCUT2D eigenvalue weighted by Gasteiger charge is -2.14. The number of ether oxygens (including phenoxy) is 2. The Labute approximate surface area is 103 Å². The molecule has 1 aliphatic carbocycles. The Bertz CT molecular complexity index is 372. The van der Waals surface area contributed by atoms with Crippen LogP contribution in [0.4, 0.5) is 0 Å². The topological polar surface area (TPSA) is 44.5 Å². The first-order valence-electron chi connectivity index (χ1n) is 6.23. The van der Waals surface area contributed by atoms with Gasteiger partial charge in [0.25, 0.3) is 0 Å². The van der Waals surface area contributed by atoms with E-state index in [4.69, 9.17) is 15.2 Å². The molecule has 2 rings (SSSR count). The summed E-state index contributed by atoms with van der Waals surface area (Å²) in [6.07, 6.45) is 2.60. The van der Waals surface area contributed by atoms with Gasteiger partial charge in [-0.05, 0) is 44.2 Å². The normalized spacial score (nSPS) is 16.9. The van der Waals surface area contributed by atoms with E-state index in [2.05, 4.69) is 6.07 Å². The van der Waals surface area contributed by atoms with E-state index >= 15 is 0 Å². The van der Waals surface area contributed by atoms with Crippen LogP contribution in [0.1, 0.15) is 36.9 Å². The molecule has 1 aromatic rings. The van der Waals surface area contributed by atoms with Crippen molar-refractivity contribution < 1.29 is 9.47 Å². The lowest BCUT2D eigenvalue weighted by molar-refractivity contribution is 0.00931. The Morgan fingerprint density at radius 3 is 2.82 bits per heavy atom. The highest BCUT2D eigenvalue weighted by Gasteiger charge is 2.21. The summed E-state index contributed by atoms with van der Waals surface area (Å²) in [5.74, 6) is 1.61. The van der Waals surface area contributed by atoms with Gasteiger partial charge >= 0.3 is 0 Å². The SMILES string of the molecule is Cc1ccc(C(C)N)c(OCOCC2CC2)c1. The molecular weight excluding hydrogens is 214 g/mol. The van der Waals surface area contributed by atoms with E-state index in [1.54, 1.807) is 0 Å². The van der Waals surface area contributed by atoms with Crippen molar-refractivity contribution in [2.24, 2.45) is 11.7 Å². The maximum atomic E-state index is 5.91. The van der Waals surface area contributed by atoms with Crippen molar-refractivity contribution in [3.63, 3.8) is 0 Å². The van der Waals surface area contributed by atoms with Gasteiger partial charge in [-0.1, -0.05) is 12.1 Å². The van der Waals surface area contributed by atoms with Crippen LogP contribution in [0.5, 0.6) is 5.75 Å². The molecule has 0 saturated heterocycles. The number of benzene rings is 1. The summed E-state index contributed by atoms with van der Waals surface area (Å²) in [5.41, 5.74) is 8.11. The smallest absolute Gasteiger partial charge is 0.189 e. The zero-order valence-electron chi connectivity index (χ0n) is 10.6. The standard InChI is InChI=1S/C14H21NO2/c1-10-3-6-13(11(2)15)14(7-10)17-9-16-8-12-4-5-12/h3,6-7,11-12H,4-5,8-9,15H2,1-2H3. The molecule has 17 heavy (non-hydrogen) atoms. The fraction of sp³-hybridized carbons (Fsp3) is 0.571. The van der Waals surface area contributed by atoms with Crippen molar-refractivity contribution in [3.05, 3.63) is 29.3 Å². The minimum atomic E-state index is -0.0194. The molecule has 1 aliphatic rings. The van der Waals surface area contributed by atoms with Gasteiger partial charge in [0.2, 0.25) is 0 Å². The molecule has 1 atom stereocenters. The van der Waals surface area contributed by atoms with Crippen LogP contribution < -0.4 is 10.5 Å². The van der Waals surface area contributed by atoms with Crippen molar-refractivity contribution in [1.29, 1.82) is 0 Å². The van der Waals surface area contributed by atoms with Crippen molar-refractivity contribution in [3.8, 4) is 5.75 Å². The fourth-order valence-electron chi connectivity index (χ4n) is 1.75. The molecule has 1 unspecified atom stereocenters. The molecule has 0 bridgehead atoms. The third-order valence-electron chi connectivity index (χ3n) is 3.01. The van der Waals surface area contributed by atoms with Crippen LogP contribution in [-0.2, 0) is 4.74 Å². The van der Waals surface area contributed by atoms with Gasteiger partial charge in [-0.3, -0.25) is 0 Å². The average Bonchev–Trinajstić information content (AvgIpc) is 3.08. The maximum Gasteiger partial charge on any atom is 0.189 e. The first kappa shape index (κ1) is 12.4. The quantitative estimate of drug-likeness (QED) is 0.609. The van der Waals surface area contributed by atoms with Crippen LogP contribution in [0.25, 0.3) is 0 Å². The van der Waals surface area contributed by atoms with E-state index in [-0.39, 0.29) is 6.04 Å². The molecule has 1 aromatic carbocycles. The van der Waals surface area contributed by atoms with Crippen LogP contribution in [0.15, 0.2) is 18.2 Å². The highest BCUT2D eigenvalue weighted by molar-refractivity contribution is 5.38. The predicted molar refractivity (Wildman–Crippen MR) is 68.0 cm³/mol. The minimum Gasteiger partial charge on any atom is -0.467 e. The van der Waals surface area contributed by atoms with Crippen molar-refractivity contribution in [2.75, 3.05) is 13.4 Å². The Morgan fingerprint density at radius 2 is 2.18 bits per heavy atom. The van der Waals surface area contributed by atoms with Crippen LogP contribution in [0, 0.1) is 12.8 Å². The molecule has 0 aromatic heterocycles. The van der Waals surface area contributed by atoms with Gasteiger partial charge in [0, 0.05) is 11.6 Å². The molecule has 0 heterocycles. The van der Waals surface area contributed by atoms with Gasteiger partial charge in [0.15, 0.2) is 6.79 Å². The van der Waals surface area contributed by atoms with Gasteiger partial charge in [-0.25, -0.2) is 0 Å². The third-order valence-corrected chi connectivity index (χ3v) is 3.01. The minimum absolute atomic E-state index is 0.0194. The summed E-state index contributed by atoms with van der Waals surface area (Å²) in [4.78, 5) is 0. The van der Waals surface area contributed by atoms with Gasteiger partial charge in [0.05, 0.1) is 6.61 Å². The second kappa shape index (κ2) is 5.52. The summed E-state index contributed by atoms with van der Waals surface area (Å²) in [7, 11) is 0. The summed E-state index contributed by atoms with van der Waals surface area (Å²) in [6, 6.07) is 6.07. The Balaban J connectivity index is 1.89.